The summed E-state index contributed by atoms with van der Waals surface area (Å²) >= 11 is 3.35. The predicted molar refractivity (Wildman–Crippen MR) is 73.7 cm³/mol. The molecule has 0 aromatic heterocycles. The minimum absolute atomic E-state index is 0.0178. The number of hydrogen-bond acceptors (Lipinski definition) is 3. The van der Waals surface area contributed by atoms with Crippen LogP contribution in [-0.2, 0) is 4.74 Å². The summed E-state index contributed by atoms with van der Waals surface area (Å²) in [6, 6.07) is 7.37. The maximum absolute atomic E-state index is 11.8. The standard InChI is InChI=1S/C13H17BrN2O2/c14-12-3-1-11(2-4-12)13(17)15-5-6-16-7-9-18-10-8-16/h1-4H,5-10H2,(H,15,17). The molecule has 1 aromatic carbocycles. The van der Waals surface area contributed by atoms with Crippen molar-refractivity contribution in [3.05, 3.63) is 34.3 Å². The lowest BCUT2D eigenvalue weighted by molar-refractivity contribution is 0.0383. The van der Waals surface area contributed by atoms with Gasteiger partial charge in [0, 0.05) is 36.2 Å². The first-order chi connectivity index (χ1) is 8.75. The molecule has 0 spiro atoms. The zero-order valence-corrected chi connectivity index (χ0v) is 11.8. The SMILES string of the molecule is O=C(NCCN1CCOCC1)c1ccc(Br)cc1. The van der Waals surface area contributed by atoms with Crippen LogP contribution in [0, 0.1) is 0 Å². The van der Waals surface area contributed by atoms with Crippen molar-refractivity contribution in [2.75, 3.05) is 39.4 Å². The normalized spacial score (nSPS) is 16.5. The summed E-state index contributed by atoms with van der Waals surface area (Å²) in [6.07, 6.45) is 0. The van der Waals surface area contributed by atoms with E-state index >= 15 is 0 Å². The Morgan fingerprint density at radius 2 is 1.94 bits per heavy atom. The van der Waals surface area contributed by atoms with Crippen molar-refractivity contribution in [1.82, 2.24) is 10.2 Å². The summed E-state index contributed by atoms with van der Waals surface area (Å²) in [7, 11) is 0. The zero-order valence-electron chi connectivity index (χ0n) is 10.2. The first kappa shape index (κ1) is 13.5. The Balaban J connectivity index is 1.72. The summed E-state index contributed by atoms with van der Waals surface area (Å²) in [5.74, 6) is -0.0178. The van der Waals surface area contributed by atoms with E-state index < -0.39 is 0 Å². The highest BCUT2D eigenvalue weighted by atomic mass is 79.9. The third kappa shape index (κ3) is 4.08. The topological polar surface area (TPSA) is 41.6 Å². The summed E-state index contributed by atoms with van der Waals surface area (Å²) in [4.78, 5) is 14.1. The van der Waals surface area contributed by atoms with Crippen molar-refractivity contribution in [3.8, 4) is 0 Å². The van der Waals surface area contributed by atoms with Gasteiger partial charge in [0.25, 0.3) is 5.91 Å². The molecule has 0 aliphatic carbocycles. The zero-order chi connectivity index (χ0) is 12.8. The van der Waals surface area contributed by atoms with Crippen molar-refractivity contribution >= 4 is 21.8 Å². The number of benzene rings is 1. The summed E-state index contributed by atoms with van der Waals surface area (Å²) in [5.41, 5.74) is 0.695. The number of carbonyl (C=O) groups is 1. The van der Waals surface area contributed by atoms with Gasteiger partial charge >= 0.3 is 0 Å². The van der Waals surface area contributed by atoms with Crippen LogP contribution in [0.3, 0.4) is 0 Å². The number of morpholine rings is 1. The van der Waals surface area contributed by atoms with Crippen LogP contribution in [0.2, 0.25) is 0 Å². The Morgan fingerprint density at radius 1 is 1.28 bits per heavy atom. The van der Waals surface area contributed by atoms with Crippen LogP contribution in [0.1, 0.15) is 10.4 Å². The molecule has 1 N–H and O–H groups in total. The number of ether oxygens (including phenoxy) is 1. The molecule has 0 atom stereocenters. The van der Waals surface area contributed by atoms with Crippen LogP contribution in [0.15, 0.2) is 28.7 Å². The second-order valence-electron chi connectivity index (χ2n) is 4.22. The fourth-order valence-electron chi connectivity index (χ4n) is 1.86. The van der Waals surface area contributed by atoms with Gasteiger partial charge in [0.1, 0.15) is 0 Å². The van der Waals surface area contributed by atoms with E-state index in [2.05, 4.69) is 26.1 Å². The molecule has 1 heterocycles. The van der Waals surface area contributed by atoms with E-state index in [1.807, 2.05) is 24.3 Å². The smallest absolute Gasteiger partial charge is 0.251 e. The number of nitrogens with zero attached hydrogens (tertiary/aromatic N) is 1. The lowest BCUT2D eigenvalue weighted by Gasteiger charge is -2.26. The molecular weight excluding hydrogens is 296 g/mol. The Hall–Kier alpha value is -0.910. The number of nitrogens with one attached hydrogen (secondary N) is 1. The number of amides is 1. The van der Waals surface area contributed by atoms with E-state index in [4.69, 9.17) is 4.74 Å². The quantitative estimate of drug-likeness (QED) is 0.916. The van der Waals surface area contributed by atoms with E-state index in [1.165, 1.54) is 0 Å². The van der Waals surface area contributed by atoms with Gasteiger partial charge in [-0.05, 0) is 24.3 Å². The maximum Gasteiger partial charge on any atom is 0.251 e. The van der Waals surface area contributed by atoms with Gasteiger partial charge < -0.3 is 10.1 Å². The lowest BCUT2D eigenvalue weighted by atomic mass is 10.2. The van der Waals surface area contributed by atoms with Gasteiger partial charge in [0.15, 0.2) is 0 Å². The third-order valence-corrected chi connectivity index (χ3v) is 3.45. The van der Waals surface area contributed by atoms with Crippen LogP contribution >= 0.6 is 15.9 Å². The van der Waals surface area contributed by atoms with Gasteiger partial charge in [-0.2, -0.15) is 0 Å². The molecule has 1 aliphatic rings. The van der Waals surface area contributed by atoms with Crippen molar-refractivity contribution in [1.29, 1.82) is 0 Å². The van der Waals surface area contributed by atoms with Gasteiger partial charge in [0.2, 0.25) is 0 Å². The van der Waals surface area contributed by atoms with Gasteiger partial charge in [-0.25, -0.2) is 0 Å². The molecule has 0 unspecified atom stereocenters. The second kappa shape index (κ2) is 6.87. The molecule has 0 bridgehead atoms. The van der Waals surface area contributed by atoms with Crippen LogP contribution in [0.5, 0.6) is 0 Å². The molecule has 2 rings (SSSR count). The second-order valence-corrected chi connectivity index (χ2v) is 5.13. The number of halogens is 1. The van der Waals surface area contributed by atoms with Gasteiger partial charge in [0.05, 0.1) is 13.2 Å². The van der Waals surface area contributed by atoms with E-state index in [0.29, 0.717) is 12.1 Å². The summed E-state index contributed by atoms with van der Waals surface area (Å²) < 4.78 is 6.25. The molecule has 1 amide bonds. The molecule has 18 heavy (non-hydrogen) atoms. The average molecular weight is 313 g/mol. The molecule has 1 aromatic rings. The molecular formula is C13H17BrN2O2. The minimum atomic E-state index is -0.0178. The van der Waals surface area contributed by atoms with Crippen LogP contribution in [0.25, 0.3) is 0 Å². The molecule has 0 radical (unpaired) electrons. The van der Waals surface area contributed by atoms with Crippen molar-refractivity contribution in [2.45, 2.75) is 0 Å². The molecule has 1 saturated heterocycles. The van der Waals surface area contributed by atoms with E-state index in [9.17, 15) is 4.79 Å². The minimum Gasteiger partial charge on any atom is -0.379 e. The fraction of sp³-hybridized carbons (Fsp3) is 0.462. The highest BCUT2D eigenvalue weighted by Gasteiger charge is 2.10. The van der Waals surface area contributed by atoms with Gasteiger partial charge in [-0.1, -0.05) is 15.9 Å². The Kier molecular flexibility index (Phi) is 5.16. The predicted octanol–water partition coefficient (Wildman–Crippen LogP) is 1.51. The fourth-order valence-corrected chi connectivity index (χ4v) is 2.12. The van der Waals surface area contributed by atoms with Crippen molar-refractivity contribution in [3.63, 3.8) is 0 Å². The first-order valence-electron chi connectivity index (χ1n) is 6.09. The van der Waals surface area contributed by atoms with Crippen molar-refractivity contribution in [2.24, 2.45) is 0 Å². The lowest BCUT2D eigenvalue weighted by Crippen LogP contribution is -2.41. The van der Waals surface area contributed by atoms with Gasteiger partial charge in [-0.3, -0.25) is 9.69 Å². The van der Waals surface area contributed by atoms with E-state index in [1.54, 1.807) is 0 Å². The van der Waals surface area contributed by atoms with Gasteiger partial charge in [-0.15, -0.1) is 0 Å². The highest BCUT2D eigenvalue weighted by Crippen LogP contribution is 2.10. The summed E-state index contributed by atoms with van der Waals surface area (Å²) in [6.45, 7) is 5.05. The first-order valence-corrected chi connectivity index (χ1v) is 6.89. The molecule has 1 fully saturated rings. The molecule has 0 saturated carbocycles. The number of rotatable bonds is 4. The molecule has 4 nitrogen and oxygen atoms in total. The van der Waals surface area contributed by atoms with Crippen LogP contribution < -0.4 is 5.32 Å². The van der Waals surface area contributed by atoms with Crippen LogP contribution in [0.4, 0.5) is 0 Å². The Labute approximate surface area is 115 Å². The Bertz CT molecular complexity index is 388. The average Bonchev–Trinajstić information content (AvgIpc) is 2.40. The van der Waals surface area contributed by atoms with Crippen LogP contribution in [-0.4, -0.2) is 50.2 Å². The number of carbonyl (C=O) groups excluding carboxylic acids is 1. The largest absolute Gasteiger partial charge is 0.379 e. The van der Waals surface area contributed by atoms with E-state index in [-0.39, 0.29) is 5.91 Å². The number of hydrogen-bond donors (Lipinski definition) is 1. The van der Waals surface area contributed by atoms with E-state index in [0.717, 1.165) is 37.3 Å². The van der Waals surface area contributed by atoms with Crippen molar-refractivity contribution < 1.29 is 9.53 Å². The molecule has 1 aliphatic heterocycles. The maximum atomic E-state index is 11.8. The molecule has 5 heteroatoms. The molecule has 98 valence electrons. The highest BCUT2D eigenvalue weighted by molar-refractivity contribution is 9.10. The third-order valence-electron chi connectivity index (χ3n) is 2.92. The Morgan fingerprint density at radius 3 is 2.61 bits per heavy atom. The summed E-state index contributed by atoms with van der Waals surface area (Å²) in [5, 5.41) is 2.93. The monoisotopic (exact) mass is 312 g/mol.